The molecule has 24 heavy (non-hydrogen) atoms. The van der Waals surface area contributed by atoms with E-state index in [1.807, 2.05) is 0 Å². The van der Waals surface area contributed by atoms with Gasteiger partial charge in [0.2, 0.25) is 0 Å². The lowest BCUT2D eigenvalue weighted by Gasteiger charge is -2.16. The number of methoxy groups -OCH3 is 2. The van der Waals surface area contributed by atoms with Crippen LogP contribution >= 0.6 is 27.5 Å². The van der Waals surface area contributed by atoms with Gasteiger partial charge in [0.05, 0.1) is 43.7 Å². The molecule has 1 aliphatic rings. The Morgan fingerprint density at radius 2 is 2.17 bits per heavy atom. The van der Waals surface area contributed by atoms with Gasteiger partial charge in [-0.1, -0.05) is 11.6 Å². The Morgan fingerprint density at radius 3 is 2.75 bits per heavy atom. The molecule has 0 bridgehead atoms. The fourth-order valence-corrected chi connectivity index (χ4v) is 3.08. The monoisotopic (exact) mass is 418 g/mol. The topological polar surface area (TPSA) is 88.1 Å². The van der Waals surface area contributed by atoms with Gasteiger partial charge < -0.3 is 24.8 Å². The van der Waals surface area contributed by atoms with Crippen molar-refractivity contribution in [3.05, 3.63) is 32.9 Å². The van der Waals surface area contributed by atoms with Gasteiger partial charge in [-0.15, -0.1) is 0 Å². The first-order valence-electron chi connectivity index (χ1n) is 6.94. The van der Waals surface area contributed by atoms with Gasteiger partial charge >= 0.3 is 5.97 Å². The van der Waals surface area contributed by atoms with Crippen molar-refractivity contribution in [3.8, 4) is 5.75 Å². The second-order valence-corrected chi connectivity index (χ2v) is 6.15. The maximum Gasteiger partial charge on any atom is 0.337 e. The fraction of sp³-hybridized carbons (Fsp3) is 0.333. The predicted octanol–water partition coefficient (Wildman–Crippen LogP) is 1.78. The molecule has 1 aromatic rings. The number of esters is 1. The lowest BCUT2D eigenvalue weighted by Crippen LogP contribution is -2.31. The lowest BCUT2D eigenvalue weighted by molar-refractivity contribution is -0.136. The van der Waals surface area contributed by atoms with Crippen molar-refractivity contribution in [1.29, 1.82) is 0 Å². The van der Waals surface area contributed by atoms with Crippen LogP contribution in [0.2, 0.25) is 5.02 Å². The summed E-state index contributed by atoms with van der Waals surface area (Å²) in [4.78, 5) is 25.8. The minimum Gasteiger partial charge on any atom is -0.495 e. The summed E-state index contributed by atoms with van der Waals surface area (Å²) in [6.45, 7) is -0.0156. The number of nitrogens with one attached hydrogen (secondary N) is 1. The highest BCUT2D eigenvalue weighted by atomic mass is 79.9. The molecule has 9 heteroatoms. The van der Waals surface area contributed by atoms with Crippen LogP contribution in [0, 0.1) is 0 Å². The molecule has 0 unspecified atom stereocenters. The number of hydrogen-bond acceptors (Lipinski definition) is 6. The molecule has 7 nitrogen and oxygen atoms in total. The number of anilines is 1. The number of carbonyl (C=O) groups is 2. The molecule has 2 N–H and O–H groups in total. The largest absolute Gasteiger partial charge is 0.495 e. The van der Waals surface area contributed by atoms with E-state index in [4.69, 9.17) is 26.2 Å². The van der Waals surface area contributed by atoms with Gasteiger partial charge in [0, 0.05) is 17.1 Å². The van der Waals surface area contributed by atoms with Crippen LogP contribution in [0.4, 0.5) is 5.69 Å². The normalized spacial score (nSPS) is 14.2. The van der Waals surface area contributed by atoms with E-state index in [1.165, 1.54) is 19.1 Å². The van der Waals surface area contributed by atoms with Crippen LogP contribution in [-0.4, -0.2) is 55.8 Å². The van der Waals surface area contributed by atoms with Crippen LogP contribution in [0.15, 0.2) is 27.9 Å². The van der Waals surface area contributed by atoms with Gasteiger partial charge in [-0.05, 0) is 22.0 Å². The minimum atomic E-state index is -0.608. The highest BCUT2D eigenvalue weighted by Crippen LogP contribution is 2.36. The molecule has 0 aromatic heterocycles. The zero-order valence-electron chi connectivity index (χ0n) is 13.1. The standard InChI is InChI=1S/C15H16BrClN2O5/c1-23-12-6-11(9(16)5-10(12)17)18-13-8(15(22)24-2)7-19(3-4-20)14(13)21/h5-6,18,20H,3-4,7H2,1-2H3. The van der Waals surface area contributed by atoms with E-state index in [0.717, 1.165) is 0 Å². The molecule has 130 valence electrons. The van der Waals surface area contributed by atoms with E-state index >= 15 is 0 Å². The fourth-order valence-electron chi connectivity index (χ4n) is 2.26. The van der Waals surface area contributed by atoms with E-state index < -0.39 is 11.9 Å². The number of ether oxygens (including phenoxy) is 2. The third-order valence-corrected chi connectivity index (χ3v) is 4.41. The zero-order valence-corrected chi connectivity index (χ0v) is 15.4. The first-order chi connectivity index (χ1) is 11.4. The number of β-amino-alcohol motifs (C(OH)–C–C–N with tert-alkyl or cyclic N) is 1. The average Bonchev–Trinajstić information content (AvgIpc) is 2.86. The summed E-state index contributed by atoms with van der Waals surface area (Å²) in [6.07, 6.45) is 0. The molecule has 1 aromatic carbocycles. The van der Waals surface area contributed by atoms with E-state index in [9.17, 15) is 9.59 Å². The SMILES string of the molecule is COC(=O)C1=C(Nc2cc(OC)c(Cl)cc2Br)C(=O)N(CCO)C1. The molecular formula is C15H16BrClN2O5. The van der Waals surface area contributed by atoms with Crippen molar-refractivity contribution in [2.45, 2.75) is 0 Å². The molecule has 1 aliphatic heterocycles. The molecule has 1 heterocycles. The smallest absolute Gasteiger partial charge is 0.337 e. The number of hydrogen-bond donors (Lipinski definition) is 2. The van der Waals surface area contributed by atoms with Crippen LogP contribution in [0.25, 0.3) is 0 Å². The molecule has 0 radical (unpaired) electrons. The van der Waals surface area contributed by atoms with Gasteiger partial charge in [-0.2, -0.15) is 0 Å². The van der Waals surface area contributed by atoms with Gasteiger partial charge in [0.25, 0.3) is 5.91 Å². The Kier molecular flexibility index (Phi) is 6.09. The van der Waals surface area contributed by atoms with Crippen molar-refractivity contribution < 1.29 is 24.2 Å². The summed E-state index contributed by atoms with van der Waals surface area (Å²) in [6, 6.07) is 3.22. The predicted molar refractivity (Wildman–Crippen MR) is 92.0 cm³/mol. The molecule has 0 saturated heterocycles. The molecular weight excluding hydrogens is 404 g/mol. The first-order valence-corrected chi connectivity index (χ1v) is 8.11. The quantitative estimate of drug-likeness (QED) is 0.684. The van der Waals surface area contributed by atoms with Gasteiger partial charge in [0.15, 0.2) is 0 Å². The number of amides is 1. The molecule has 0 saturated carbocycles. The number of rotatable bonds is 6. The second-order valence-electron chi connectivity index (χ2n) is 4.89. The Labute approximate surface area is 152 Å². The summed E-state index contributed by atoms with van der Waals surface area (Å²) >= 11 is 9.39. The van der Waals surface area contributed by atoms with Crippen LogP contribution in [0.3, 0.4) is 0 Å². The summed E-state index contributed by atoms with van der Waals surface area (Å²) < 4.78 is 10.5. The van der Waals surface area contributed by atoms with Crippen LogP contribution < -0.4 is 10.1 Å². The summed E-state index contributed by atoms with van der Waals surface area (Å²) in [7, 11) is 2.72. The third-order valence-electron chi connectivity index (χ3n) is 3.45. The Morgan fingerprint density at radius 1 is 1.46 bits per heavy atom. The van der Waals surface area contributed by atoms with Crippen LogP contribution in [-0.2, 0) is 14.3 Å². The Hall–Kier alpha value is -1.77. The van der Waals surface area contributed by atoms with Crippen molar-refractivity contribution in [2.24, 2.45) is 0 Å². The van der Waals surface area contributed by atoms with E-state index in [0.29, 0.717) is 20.9 Å². The summed E-state index contributed by atoms with van der Waals surface area (Å²) in [5.41, 5.74) is 0.795. The third kappa shape index (κ3) is 3.66. The number of nitrogens with zero attached hydrogens (tertiary/aromatic N) is 1. The Bertz CT molecular complexity index is 707. The van der Waals surface area contributed by atoms with E-state index in [1.54, 1.807) is 12.1 Å². The van der Waals surface area contributed by atoms with Crippen LogP contribution in [0.5, 0.6) is 5.75 Å². The molecule has 0 spiro atoms. The van der Waals surface area contributed by atoms with Gasteiger partial charge in [-0.3, -0.25) is 4.79 Å². The zero-order chi connectivity index (χ0) is 17.9. The average molecular weight is 420 g/mol. The second kappa shape index (κ2) is 7.87. The maximum atomic E-state index is 12.5. The molecule has 0 atom stereocenters. The van der Waals surface area contributed by atoms with Crippen LogP contribution in [0.1, 0.15) is 0 Å². The van der Waals surface area contributed by atoms with E-state index in [-0.39, 0.29) is 31.0 Å². The number of carbonyl (C=O) groups excluding carboxylic acids is 2. The number of benzene rings is 1. The highest BCUT2D eigenvalue weighted by molar-refractivity contribution is 9.10. The van der Waals surface area contributed by atoms with Crippen molar-refractivity contribution in [3.63, 3.8) is 0 Å². The summed E-state index contributed by atoms with van der Waals surface area (Å²) in [5.74, 6) is -0.589. The lowest BCUT2D eigenvalue weighted by atomic mass is 10.2. The first kappa shape index (κ1) is 18.6. The number of halogens is 2. The number of aliphatic hydroxyl groups is 1. The maximum absolute atomic E-state index is 12.5. The van der Waals surface area contributed by atoms with Gasteiger partial charge in [0.1, 0.15) is 11.4 Å². The van der Waals surface area contributed by atoms with Crippen molar-refractivity contribution in [2.75, 3.05) is 39.2 Å². The van der Waals surface area contributed by atoms with E-state index in [2.05, 4.69) is 21.2 Å². The molecule has 2 rings (SSSR count). The molecule has 0 aliphatic carbocycles. The Balaban J connectivity index is 2.40. The minimum absolute atomic E-state index is 0.0662. The highest BCUT2D eigenvalue weighted by Gasteiger charge is 2.34. The molecule has 0 fully saturated rings. The van der Waals surface area contributed by atoms with Gasteiger partial charge in [-0.25, -0.2) is 4.79 Å². The molecule has 1 amide bonds. The number of aliphatic hydroxyl groups excluding tert-OH is 1. The van der Waals surface area contributed by atoms with Crippen molar-refractivity contribution in [1.82, 2.24) is 4.90 Å². The summed E-state index contributed by atoms with van der Waals surface area (Å²) in [5, 5.41) is 12.4. The van der Waals surface area contributed by atoms with Crippen molar-refractivity contribution >= 4 is 45.1 Å².